The van der Waals surface area contributed by atoms with Crippen LogP contribution in [0.5, 0.6) is 17.2 Å². The lowest BCUT2D eigenvalue weighted by atomic mass is 10.2. The molecule has 3 aromatic carbocycles. The Kier molecular flexibility index (Phi) is 6.58. The first kappa shape index (κ1) is 18.8. The van der Waals surface area contributed by atoms with Crippen LogP contribution in [0.1, 0.15) is 12.5 Å². The lowest BCUT2D eigenvalue weighted by Gasteiger charge is -2.12. The minimum Gasteiger partial charge on any atom is -0.492 e. The lowest BCUT2D eigenvalue weighted by molar-refractivity contribution is 0.336. The normalized spacial score (nSPS) is 10.4. The van der Waals surface area contributed by atoms with E-state index in [0.717, 1.165) is 37.4 Å². The minimum atomic E-state index is 0.631. The fourth-order valence-electron chi connectivity index (χ4n) is 2.47. The van der Waals surface area contributed by atoms with Crippen molar-refractivity contribution in [3.8, 4) is 17.2 Å². The van der Waals surface area contributed by atoms with Gasteiger partial charge in [0.1, 0.15) is 17.2 Å². The van der Waals surface area contributed by atoms with Crippen molar-refractivity contribution in [3.63, 3.8) is 0 Å². The molecule has 0 radical (unpaired) electrons. The molecule has 0 bridgehead atoms. The Labute approximate surface area is 170 Å². The van der Waals surface area contributed by atoms with Crippen molar-refractivity contribution in [2.75, 3.05) is 11.9 Å². The number of benzene rings is 3. The van der Waals surface area contributed by atoms with Crippen LogP contribution in [-0.2, 0) is 6.54 Å². The van der Waals surface area contributed by atoms with Crippen LogP contribution in [0.15, 0.2) is 75.7 Å². The van der Waals surface area contributed by atoms with Gasteiger partial charge in [-0.15, -0.1) is 0 Å². The second-order valence-corrected chi connectivity index (χ2v) is 7.32. The van der Waals surface area contributed by atoms with E-state index in [0.29, 0.717) is 13.2 Å². The average Bonchev–Trinajstić information content (AvgIpc) is 2.65. The summed E-state index contributed by atoms with van der Waals surface area (Å²) in [6.07, 6.45) is 0. The quantitative estimate of drug-likeness (QED) is 0.397. The first-order chi connectivity index (χ1) is 12.7. The Morgan fingerprint density at radius 3 is 2.08 bits per heavy atom. The van der Waals surface area contributed by atoms with Gasteiger partial charge in [0.15, 0.2) is 0 Å². The van der Waals surface area contributed by atoms with Crippen LogP contribution in [-0.4, -0.2) is 6.61 Å². The van der Waals surface area contributed by atoms with E-state index >= 15 is 0 Å². The first-order valence-corrected chi connectivity index (χ1v) is 9.92. The summed E-state index contributed by atoms with van der Waals surface area (Å²) in [6, 6.07) is 21.8. The molecule has 0 saturated carbocycles. The molecule has 0 heterocycles. The van der Waals surface area contributed by atoms with Crippen LogP contribution in [0, 0.1) is 0 Å². The van der Waals surface area contributed by atoms with E-state index in [1.54, 1.807) is 0 Å². The molecule has 0 aliphatic rings. The minimum absolute atomic E-state index is 0.631. The first-order valence-electron chi connectivity index (χ1n) is 8.33. The summed E-state index contributed by atoms with van der Waals surface area (Å²) >= 11 is 7.13. The molecule has 134 valence electrons. The van der Waals surface area contributed by atoms with Crippen molar-refractivity contribution in [3.05, 3.63) is 81.2 Å². The summed E-state index contributed by atoms with van der Waals surface area (Å²) in [6.45, 7) is 3.31. The Morgan fingerprint density at radius 2 is 1.46 bits per heavy atom. The highest BCUT2D eigenvalue weighted by Crippen LogP contribution is 2.35. The van der Waals surface area contributed by atoms with E-state index in [-0.39, 0.29) is 0 Å². The van der Waals surface area contributed by atoms with Crippen LogP contribution < -0.4 is 14.8 Å². The molecule has 0 unspecified atom stereocenters. The van der Waals surface area contributed by atoms with Crippen LogP contribution in [0.2, 0.25) is 0 Å². The molecule has 1 N–H and O–H groups in total. The fraction of sp³-hybridized carbons (Fsp3) is 0.143. The smallest absolute Gasteiger partial charge is 0.147 e. The van der Waals surface area contributed by atoms with Gasteiger partial charge in [-0.25, -0.2) is 0 Å². The monoisotopic (exact) mass is 475 g/mol. The number of rotatable bonds is 7. The molecule has 0 amide bonds. The maximum atomic E-state index is 5.81. The van der Waals surface area contributed by atoms with E-state index in [1.165, 1.54) is 0 Å². The number of ether oxygens (including phenoxy) is 2. The van der Waals surface area contributed by atoms with E-state index in [4.69, 9.17) is 9.47 Å². The molecular weight excluding hydrogens is 458 g/mol. The van der Waals surface area contributed by atoms with Gasteiger partial charge in [0.25, 0.3) is 0 Å². The van der Waals surface area contributed by atoms with E-state index in [9.17, 15) is 0 Å². The van der Waals surface area contributed by atoms with Gasteiger partial charge >= 0.3 is 0 Å². The van der Waals surface area contributed by atoms with Gasteiger partial charge in [-0.3, -0.25) is 0 Å². The number of hydrogen-bond donors (Lipinski definition) is 1. The topological polar surface area (TPSA) is 30.5 Å². The summed E-state index contributed by atoms with van der Waals surface area (Å²) < 4.78 is 13.3. The SMILES string of the molecule is CCOc1c(Br)cc(CNc2ccc(Oc3ccccc3)cc2)cc1Br. The Bertz CT molecular complexity index is 829. The highest BCUT2D eigenvalue weighted by molar-refractivity contribution is 9.11. The largest absolute Gasteiger partial charge is 0.492 e. The standard InChI is InChI=1S/C21H19Br2NO2/c1-2-25-21-19(22)12-15(13-20(21)23)14-24-16-8-10-18(11-9-16)26-17-6-4-3-5-7-17/h3-13,24H,2,14H2,1H3. The Morgan fingerprint density at radius 1 is 0.846 bits per heavy atom. The Hall–Kier alpha value is -1.98. The van der Waals surface area contributed by atoms with Crippen molar-refractivity contribution >= 4 is 37.5 Å². The van der Waals surface area contributed by atoms with Gasteiger partial charge in [0.05, 0.1) is 15.6 Å². The molecule has 5 heteroatoms. The lowest BCUT2D eigenvalue weighted by Crippen LogP contribution is -2.01. The molecule has 3 nitrogen and oxygen atoms in total. The summed E-state index contributed by atoms with van der Waals surface area (Å²) in [5, 5.41) is 3.42. The highest BCUT2D eigenvalue weighted by Gasteiger charge is 2.08. The van der Waals surface area contributed by atoms with Crippen molar-refractivity contribution in [2.45, 2.75) is 13.5 Å². The molecule has 0 fully saturated rings. The molecule has 0 saturated heterocycles. The van der Waals surface area contributed by atoms with Crippen LogP contribution in [0.3, 0.4) is 0 Å². The predicted molar refractivity (Wildman–Crippen MR) is 113 cm³/mol. The van der Waals surface area contributed by atoms with Gasteiger partial charge in [-0.05, 0) is 92.9 Å². The maximum Gasteiger partial charge on any atom is 0.147 e. The molecule has 3 rings (SSSR count). The summed E-state index contributed by atoms with van der Waals surface area (Å²) in [4.78, 5) is 0. The van der Waals surface area contributed by atoms with Crippen LogP contribution in [0.4, 0.5) is 5.69 Å². The summed E-state index contributed by atoms with van der Waals surface area (Å²) in [5.74, 6) is 2.48. The Balaban J connectivity index is 1.61. The predicted octanol–water partition coefficient (Wildman–Crippen LogP) is 7.01. The number of hydrogen-bond acceptors (Lipinski definition) is 3. The molecule has 0 aliphatic heterocycles. The fourth-order valence-corrected chi connectivity index (χ4v) is 3.98. The maximum absolute atomic E-state index is 5.81. The van der Waals surface area contributed by atoms with Gasteiger partial charge in [0, 0.05) is 12.2 Å². The second kappa shape index (κ2) is 9.10. The van der Waals surface area contributed by atoms with Crippen molar-refractivity contribution in [2.24, 2.45) is 0 Å². The zero-order valence-corrected chi connectivity index (χ0v) is 17.5. The molecule has 3 aromatic rings. The number of anilines is 1. The van der Waals surface area contributed by atoms with Gasteiger partial charge < -0.3 is 14.8 Å². The van der Waals surface area contributed by atoms with E-state index in [1.807, 2.05) is 61.5 Å². The molecule has 26 heavy (non-hydrogen) atoms. The van der Waals surface area contributed by atoms with Gasteiger partial charge in [0.2, 0.25) is 0 Å². The van der Waals surface area contributed by atoms with E-state index < -0.39 is 0 Å². The summed E-state index contributed by atoms with van der Waals surface area (Å²) in [5.41, 5.74) is 2.18. The van der Waals surface area contributed by atoms with E-state index in [2.05, 4.69) is 49.3 Å². The highest BCUT2D eigenvalue weighted by atomic mass is 79.9. The molecule has 0 spiro atoms. The molecule has 0 aromatic heterocycles. The van der Waals surface area contributed by atoms with Crippen LogP contribution in [0.25, 0.3) is 0 Å². The van der Waals surface area contributed by atoms with Crippen LogP contribution >= 0.6 is 31.9 Å². The third kappa shape index (κ3) is 5.02. The molecular formula is C21H19Br2NO2. The third-order valence-corrected chi connectivity index (χ3v) is 4.85. The third-order valence-electron chi connectivity index (χ3n) is 3.68. The molecule has 0 atom stereocenters. The van der Waals surface area contributed by atoms with Crippen molar-refractivity contribution in [1.29, 1.82) is 0 Å². The number of halogens is 2. The summed E-state index contributed by atoms with van der Waals surface area (Å²) in [7, 11) is 0. The zero-order chi connectivity index (χ0) is 18.4. The zero-order valence-electron chi connectivity index (χ0n) is 14.3. The van der Waals surface area contributed by atoms with Crippen molar-refractivity contribution in [1.82, 2.24) is 0 Å². The number of nitrogens with one attached hydrogen (secondary N) is 1. The van der Waals surface area contributed by atoms with Gasteiger partial charge in [-0.1, -0.05) is 18.2 Å². The average molecular weight is 477 g/mol. The second-order valence-electron chi connectivity index (χ2n) is 5.61. The van der Waals surface area contributed by atoms with Gasteiger partial charge in [-0.2, -0.15) is 0 Å². The van der Waals surface area contributed by atoms with Crippen molar-refractivity contribution < 1.29 is 9.47 Å². The molecule has 0 aliphatic carbocycles. The number of para-hydroxylation sites is 1.